The summed E-state index contributed by atoms with van der Waals surface area (Å²) in [6, 6.07) is 5.94. The molecule has 2 amide bonds. The second kappa shape index (κ2) is 6.43. The number of aromatic nitrogens is 2. The van der Waals surface area contributed by atoms with E-state index in [1.54, 1.807) is 35.0 Å². The number of likely N-dealkylation sites (tertiary alicyclic amines) is 1. The lowest BCUT2D eigenvalue weighted by atomic mass is 10.1. The summed E-state index contributed by atoms with van der Waals surface area (Å²) in [5, 5.41) is 2.87. The first-order valence-corrected chi connectivity index (χ1v) is 7.85. The first-order valence-electron chi connectivity index (χ1n) is 7.85. The Morgan fingerprint density at radius 1 is 1.38 bits per heavy atom. The Labute approximate surface area is 139 Å². The van der Waals surface area contributed by atoms with Gasteiger partial charge in [0.2, 0.25) is 11.8 Å². The van der Waals surface area contributed by atoms with Gasteiger partial charge in [-0.1, -0.05) is 0 Å². The Kier molecular flexibility index (Phi) is 4.33. The number of rotatable bonds is 4. The Bertz CT molecular complexity index is 769. The van der Waals surface area contributed by atoms with Crippen LogP contribution in [0.3, 0.4) is 0 Å². The van der Waals surface area contributed by atoms with E-state index in [0.29, 0.717) is 30.2 Å². The summed E-state index contributed by atoms with van der Waals surface area (Å²) >= 11 is 0. The highest BCUT2D eigenvalue weighted by Crippen LogP contribution is 2.27. The SMILES string of the molecule is CCN1CC(C(=O)Nc2c(-c3ccc(F)cc3)ncn2C)CC1=O. The smallest absolute Gasteiger partial charge is 0.230 e. The molecule has 1 fully saturated rings. The zero-order chi connectivity index (χ0) is 17.3. The minimum absolute atomic E-state index is 0.00131. The molecule has 24 heavy (non-hydrogen) atoms. The molecular weight excluding hydrogens is 311 g/mol. The molecule has 1 saturated heterocycles. The van der Waals surface area contributed by atoms with Crippen LogP contribution in [-0.4, -0.2) is 39.4 Å². The molecule has 6 nitrogen and oxygen atoms in total. The Morgan fingerprint density at radius 2 is 2.08 bits per heavy atom. The minimum atomic E-state index is -0.367. The summed E-state index contributed by atoms with van der Waals surface area (Å²) in [6.07, 6.45) is 1.82. The highest BCUT2D eigenvalue weighted by Gasteiger charge is 2.34. The van der Waals surface area contributed by atoms with Gasteiger partial charge in [-0.05, 0) is 31.2 Å². The maximum atomic E-state index is 13.1. The minimum Gasteiger partial charge on any atom is -0.342 e. The van der Waals surface area contributed by atoms with E-state index in [1.165, 1.54) is 12.1 Å². The van der Waals surface area contributed by atoms with Gasteiger partial charge in [0.05, 0.1) is 12.2 Å². The van der Waals surface area contributed by atoms with Gasteiger partial charge in [-0.15, -0.1) is 0 Å². The van der Waals surface area contributed by atoms with Gasteiger partial charge >= 0.3 is 0 Å². The molecule has 3 rings (SSSR count). The van der Waals surface area contributed by atoms with Gasteiger partial charge in [0.15, 0.2) is 0 Å². The fourth-order valence-electron chi connectivity index (χ4n) is 2.87. The maximum Gasteiger partial charge on any atom is 0.230 e. The third-order valence-corrected chi connectivity index (χ3v) is 4.26. The average Bonchev–Trinajstić information content (AvgIpc) is 3.12. The fourth-order valence-corrected chi connectivity index (χ4v) is 2.87. The molecule has 1 aliphatic heterocycles. The lowest BCUT2D eigenvalue weighted by Crippen LogP contribution is -2.28. The molecule has 0 spiro atoms. The lowest BCUT2D eigenvalue weighted by molar-refractivity contribution is -0.128. The fraction of sp³-hybridized carbons (Fsp3) is 0.353. The van der Waals surface area contributed by atoms with Crippen LogP contribution in [0.5, 0.6) is 0 Å². The number of hydrogen-bond donors (Lipinski definition) is 1. The summed E-state index contributed by atoms with van der Waals surface area (Å²) < 4.78 is 14.8. The number of halogens is 1. The number of nitrogens with zero attached hydrogens (tertiary/aromatic N) is 3. The molecule has 1 aromatic carbocycles. The molecule has 1 aliphatic rings. The van der Waals surface area contributed by atoms with Crippen molar-refractivity contribution in [2.75, 3.05) is 18.4 Å². The molecule has 126 valence electrons. The number of carbonyl (C=O) groups is 2. The predicted molar refractivity (Wildman–Crippen MR) is 87.6 cm³/mol. The molecule has 0 radical (unpaired) electrons. The summed E-state index contributed by atoms with van der Waals surface area (Å²) in [6.45, 7) is 2.94. The molecule has 2 aromatic rings. The van der Waals surface area contributed by atoms with E-state index in [9.17, 15) is 14.0 Å². The van der Waals surface area contributed by atoms with E-state index in [2.05, 4.69) is 10.3 Å². The number of aryl methyl sites for hydroxylation is 1. The van der Waals surface area contributed by atoms with Crippen molar-refractivity contribution in [2.24, 2.45) is 13.0 Å². The van der Waals surface area contributed by atoms with Gasteiger partial charge in [0, 0.05) is 32.1 Å². The first kappa shape index (κ1) is 16.2. The Balaban J connectivity index is 1.81. The number of hydrogen-bond acceptors (Lipinski definition) is 3. The van der Waals surface area contributed by atoms with Gasteiger partial charge in [0.1, 0.15) is 17.3 Å². The van der Waals surface area contributed by atoms with Crippen molar-refractivity contribution in [2.45, 2.75) is 13.3 Å². The molecule has 1 aromatic heterocycles. The normalized spacial score (nSPS) is 17.4. The summed E-state index contributed by atoms with van der Waals surface area (Å²) in [7, 11) is 1.77. The van der Waals surface area contributed by atoms with Crippen LogP contribution in [0, 0.1) is 11.7 Å². The van der Waals surface area contributed by atoms with Gasteiger partial charge in [-0.3, -0.25) is 9.59 Å². The topological polar surface area (TPSA) is 67.2 Å². The van der Waals surface area contributed by atoms with Crippen LogP contribution >= 0.6 is 0 Å². The molecular formula is C17H19FN4O2. The standard InChI is InChI=1S/C17H19FN4O2/c1-3-22-9-12(8-14(22)23)17(24)20-16-15(19-10-21(16)2)11-4-6-13(18)7-5-11/h4-7,10,12H,3,8-9H2,1-2H3,(H,20,24). The molecule has 0 bridgehead atoms. The van der Waals surface area contributed by atoms with Gasteiger partial charge in [-0.25, -0.2) is 9.37 Å². The Hall–Kier alpha value is -2.70. The number of carbonyl (C=O) groups excluding carboxylic acids is 2. The number of benzene rings is 1. The summed E-state index contributed by atoms with van der Waals surface area (Å²) in [5.74, 6) is -0.362. The highest BCUT2D eigenvalue weighted by molar-refractivity contribution is 5.98. The second-order valence-corrected chi connectivity index (χ2v) is 5.88. The highest BCUT2D eigenvalue weighted by atomic mass is 19.1. The van der Waals surface area contributed by atoms with E-state index < -0.39 is 0 Å². The van der Waals surface area contributed by atoms with Crippen molar-refractivity contribution in [3.05, 3.63) is 36.4 Å². The van der Waals surface area contributed by atoms with E-state index >= 15 is 0 Å². The van der Waals surface area contributed by atoms with Crippen LogP contribution in [0.2, 0.25) is 0 Å². The molecule has 1 atom stereocenters. The molecule has 0 saturated carbocycles. The van der Waals surface area contributed by atoms with Crippen molar-refractivity contribution in [3.8, 4) is 11.3 Å². The maximum absolute atomic E-state index is 13.1. The van der Waals surface area contributed by atoms with E-state index in [0.717, 1.165) is 0 Å². The molecule has 7 heteroatoms. The van der Waals surface area contributed by atoms with Crippen molar-refractivity contribution in [3.63, 3.8) is 0 Å². The van der Waals surface area contributed by atoms with Gasteiger partial charge in [-0.2, -0.15) is 0 Å². The first-order chi connectivity index (χ1) is 11.5. The van der Waals surface area contributed by atoms with Gasteiger partial charge in [0.25, 0.3) is 0 Å². The zero-order valence-electron chi connectivity index (χ0n) is 13.6. The van der Waals surface area contributed by atoms with Crippen LogP contribution < -0.4 is 5.32 Å². The second-order valence-electron chi connectivity index (χ2n) is 5.88. The largest absolute Gasteiger partial charge is 0.342 e. The third-order valence-electron chi connectivity index (χ3n) is 4.26. The number of nitrogens with one attached hydrogen (secondary N) is 1. The zero-order valence-corrected chi connectivity index (χ0v) is 13.6. The van der Waals surface area contributed by atoms with Crippen LogP contribution in [0.15, 0.2) is 30.6 Å². The summed E-state index contributed by atoms with van der Waals surface area (Å²) in [5.41, 5.74) is 1.28. The average molecular weight is 330 g/mol. The number of imidazole rings is 1. The number of amides is 2. The quantitative estimate of drug-likeness (QED) is 0.933. The van der Waals surface area contributed by atoms with Crippen molar-refractivity contribution in [1.29, 1.82) is 0 Å². The van der Waals surface area contributed by atoms with E-state index in [-0.39, 0.29) is 30.0 Å². The van der Waals surface area contributed by atoms with Crippen molar-refractivity contribution < 1.29 is 14.0 Å². The molecule has 2 heterocycles. The van der Waals surface area contributed by atoms with Gasteiger partial charge < -0.3 is 14.8 Å². The van der Waals surface area contributed by atoms with Crippen LogP contribution in [0.25, 0.3) is 11.3 Å². The van der Waals surface area contributed by atoms with E-state index in [4.69, 9.17) is 0 Å². The van der Waals surface area contributed by atoms with Crippen LogP contribution in [-0.2, 0) is 16.6 Å². The van der Waals surface area contributed by atoms with Crippen molar-refractivity contribution >= 4 is 17.6 Å². The van der Waals surface area contributed by atoms with Crippen molar-refractivity contribution in [1.82, 2.24) is 14.5 Å². The monoisotopic (exact) mass is 330 g/mol. The van der Waals surface area contributed by atoms with Crippen LogP contribution in [0.4, 0.5) is 10.2 Å². The molecule has 1 N–H and O–H groups in total. The Morgan fingerprint density at radius 3 is 2.71 bits per heavy atom. The predicted octanol–water partition coefficient (Wildman–Crippen LogP) is 2.03. The molecule has 0 aliphatic carbocycles. The van der Waals surface area contributed by atoms with E-state index in [1.807, 2.05) is 6.92 Å². The third kappa shape index (κ3) is 3.02. The van der Waals surface area contributed by atoms with Crippen LogP contribution in [0.1, 0.15) is 13.3 Å². The summed E-state index contributed by atoms with van der Waals surface area (Å²) in [4.78, 5) is 30.3. The lowest BCUT2D eigenvalue weighted by Gasteiger charge is -2.14. The molecule has 1 unspecified atom stereocenters. The number of anilines is 1.